The van der Waals surface area contributed by atoms with Gasteiger partial charge in [-0.05, 0) is 58.4 Å². The molecule has 2 amide bonds. The Labute approximate surface area is 240 Å². The second-order valence-electron chi connectivity index (χ2n) is 10.6. The molecule has 0 spiro atoms. The fourth-order valence-corrected chi connectivity index (χ4v) is 4.35. The number of ether oxygens (including phenoxy) is 1. The molecule has 1 N–H and O–H groups in total. The van der Waals surface area contributed by atoms with E-state index in [0.717, 1.165) is 23.6 Å². The van der Waals surface area contributed by atoms with Gasteiger partial charge in [0, 0.05) is 50.0 Å². The van der Waals surface area contributed by atoms with Crippen molar-refractivity contribution in [3.8, 4) is 23.1 Å². The molecule has 2 aromatic heterocycles. The van der Waals surface area contributed by atoms with E-state index in [2.05, 4.69) is 32.1 Å². The van der Waals surface area contributed by atoms with Gasteiger partial charge in [-0.1, -0.05) is 24.8 Å². The molecule has 214 valence electrons. The van der Waals surface area contributed by atoms with Crippen molar-refractivity contribution in [3.63, 3.8) is 0 Å². The molecular weight excluding hydrogens is 523 g/mol. The van der Waals surface area contributed by atoms with E-state index in [4.69, 9.17) is 4.74 Å². The molecule has 10 heteroatoms. The fraction of sp³-hybridized carbons (Fsp3) is 0.387. The molecule has 41 heavy (non-hydrogen) atoms. The Bertz CT molecular complexity index is 1470. The number of rotatable bonds is 5. The fourth-order valence-electron chi connectivity index (χ4n) is 4.35. The number of piperazine rings is 1. The first-order valence-electron chi connectivity index (χ1n) is 13.7. The number of pyridine rings is 1. The van der Waals surface area contributed by atoms with Crippen molar-refractivity contribution >= 4 is 17.8 Å². The van der Waals surface area contributed by atoms with Gasteiger partial charge in [0.05, 0.1) is 22.5 Å². The van der Waals surface area contributed by atoms with Crippen LogP contribution in [0.3, 0.4) is 0 Å². The van der Waals surface area contributed by atoms with Gasteiger partial charge in [0.2, 0.25) is 0 Å². The Morgan fingerprint density at radius 2 is 1.73 bits per heavy atom. The molecule has 1 aliphatic rings. The van der Waals surface area contributed by atoms with Crippen LogP contribution in [0, 0.1) is 17.7 Å². The number of carbonyl (C=O) groups excluding carboxylic acids is 2. The Hall–Kier alpha value is -4.52. The summed E-state index contributed by atoms with van der Waals surface area (Å²) in [6.45, 7) is 11.4. The molecule has 1 aliphatic heterocycles. The monoisotopic (exact) mass is 558 g/mol. The number of amides is 2. The number of hydrogen-bond acceptors (Lipinski definition) is 7. The van der Waals surface area contributed by atoms with Gasteiger partial charge in [0.25, 0.3) is 5.91 Å². The minimum atomic E-state index is -0.652. The van der Waals surface area contributed by atoms with Crippen LogP contribution in [0.25, 0.3) is 11.3 Å². The van der Waals surface area contributed by atoms with Gasteiger partial charge in [-0.3, -0.25) is 4.79 Å². The predicted molar refractivity (Wildman–Crippen MR) is 155 cm³/mol. The molecule has 0 saturated carbocycles. The normalized spacial score (nSPS) is 13.3. The van der Waals surface area contributed by atoms with Gasteiger partial charge in [-0.15, -0.1) is 0 Å². The van der Waals surface area contributed by atoms with E-state index in [-0.39, 0.29) is 18.7 Å². The molecular formula is C31H35FN6O3. The lowest BCUT2D eigenvalue weighted by molar-refractivity contribution is 0.0140. The zero-order valence-electron chi connectivity index (χ0n) is 24.1. The van der Waals surface area contributed by atoms with Crippen LogP contribution in [0.4, 0.5) is 15.0 Å². The van der Waals surface area contributed by atoms with Crippen LogP contribution in [0.15, 0.2) is 42.9 Å². The number of benzene rings is 1. The van der Waals surface area contributed by atoms with E-state index < -0.39 is 23.4 Å². The molecule has 3 heterocycles. The van der Waals surface area contributed by atoms with Gasteiger partial charge < -0.3 is 19.9 Å². The topological polar surface area (TPSA) is 101 Å². The summed E-state index contributed by atoms with van der Waals surface area (Å²) in [6, 6.07) is 8.19. The number of nitrogens with zero attached hydrogens (tertiary/aromatic N) is 5. The summed E-state index contributed by atoms with van der Waals surface area (Å²) in [5.74, 6) is 5.96. The van der Waals surface area contributed by atoms with Crippen molar-refractivity contribution < 1.29 is 18.7 Å². The minimum Gasteiger partial charge on any atom is -0.444 e. The zero-order chi connectivity index (χ0) is 29.6. The lowest BCUT2D eigenvalue weighted by atomic mass is 10.0. The molecule has 3 aromatic rings. The van der Waals surface area contributed by atoms with E-state index >= 15 is 4.39 Å². The second kappa shape index (κ2) is 12.8. The summed E-state index contributed by atoms with van der Waals surface area (Å²) < 4.78 is 20.8. The summed E-state index contributed by atoms with van der Waals surface area (Å²) in [4.78, 5) is 41.7. The molecule has 0 aliphatic carbocycles. The molecule has 1 aromatic carbocycles. The maximum absolute atomic E-state index is 15.4. The van der Waals surface area contributed by atoms with Crippen molar-refractivity contribution in [3.05, 3.63) is 71.1 Å². The summed E-state index contributed by atoms with van der Waals surface area (Å²) in [7, 11) is 0. The van der Waals surface area contributed by atoms with Crippen molar-refractivity contribution in [2.75, 3.05) is 38.0 Å². The summed E-state index contributed by atoms with van der Waals surface area (Å²) in [5.41, 5.74) is 2.41. The first-order chi connectivity index (χ1) is 19.6. The van der Waals surface area contributed by atoms with Crippen LogP contribution in [0.2, 0.25) is 0 Å². The zero-order valence-corrected chi connectivity index (χ0v) is 24.1. The van der Waals surface area contributed by atoms with Crippen molar-refractivity contribution in [1.29, 1.82) is 0 Å². The van der Waals surface area contributed by atoms with Gasteiger partial charge in [0.1, 0.15) is 23.6 Å². The predicted octanol–water partition coefficient (Wildman–Crippen LogP) is 4.76. The Balaban J connectivity index is 1.53. The SMILES string of the molecule is CCNc1ccc(C#Cc2c(CC)ncnc2-c2ccc(C(=O)N3CCN(C(=O)OC(C)(C)C)CC3)c(F)c2)cn1. The number of aromatic nitrogens is 3. The number of carbonyl (C=O) groups is 2. The lowest BCUT2D eigenvalue weighted by Gasteiger charge is -2.35. The number of halogens is 1. The van der Waals surface area contributed by atoms with Crippen LogP contribution >= 0.6 is 0 Å². The molecule has 0 radical (unpaired) electrons. The van der Waals surface area contributed by atoms with Crippen LogP contribution in [-0.2, 0) is 11.2 Å². The molecule has 0 atom stereocenters. The average Bonchev–Trinajstić information content (AvgIpc) is 2.95. The third-order valence-corrected chi connectivity index (χ3v) is 6.41. The Morgan fingerprint density at radius 3 is 2.34 bits per heavy atom. The quantitative estimate of drug-likeness (QED) is 0.451. The highest BCUT2D eigenvalue weighted by molar-refractivity contribution is 5.95. The number of anilines is 1. The molecule has 0 bridgehead atoms. The highest BCUT2D eigenvalue weighted by Crippen LogP contribution is 2.26. The number of nitrogens with one attached hydrogen (secondary N) is 1. The van der Waals surface area contributed by atoms with Crippen LogP contribution in [0.1, 0.15) is 61.8 Å². The molecule has 0 unspecified atom stereocenters. The van der Waals surface area contributed by atoms with E-state index in [1.54, 1.807) is 42.8 Å². The third kappa shape index (κ3) is 7.37. The number of hydrogen-bond donors (Lipinski definition) is 1. The van der Waals surface area contributed by atoms with Gasteiger partial charge in [0.15, 0.2) is 0 Å². The first-order valence-corrected chi connectivity index (χ1v) is 13.7. The van der Waals surface area contributed by atoms with Gasteiger partial charge in [-0.25, -0.2) is 24.1 Å². The standard InChI is InChI=1S/C31H35FN6O3/c1-6-26-24(11-8-21-9-13-27(33-7-2)34-19-21)28(36-20-35-26)22-10-12-23(25(32)18-22)29(39)37-14-16-38(17-15-37)30(40)41-31(3,4)5/h9-10,12-13,18-20H,6-7,14-17H2,1-5H3,(H,33,34). The Kier molecular flexibility index (Phi) is 9.17. The van der Waals surface area contributed by atoms with Crippen LogP contribution in [-0.4, -0.2) is 75.1 Å². The molecule has 9 nitrogen and oxygen atoms in total. The first kappa shape index (κ1) is 29.5. The van der Waals surface area contributed by atoms with E-state index in [1.807, 2.05) is 26.0 Å². The average molecular weight is 559 g/mol. The lowest BCUT2D eigenvalue weighted by Crippen LogP contribution is -2.51. The largest absolute Gasteiger partial charge is 0.444 e. The molecule has 1 fully saturated rings. The summed E-state index contributed by atoms with van der Waals surface area (Å²) in [6.07, 6.45) is 3.32. The molecule has 1 saturated heterocycles. The van der Waals surface area contributed by atoms with Gasteiger partial charge >= 0.3 is 6.09 Å². The smallest absolute Gasteiger partial charge is 0.410 e. The maximum Gasteiger partial charge on any atom is 0.410 e. The van der Waals surface area contributed by atoms with Crippen LogP contribution < -0.4 is 5.32 Å². The minimum absolute atomic E-state index is 0.0382. The third-order valence-electron chi connectivity index (χ3n) is 6.41. The Morgan fingerprint density at radius 1 is 1.00 bits per heavy atom. The van der Waals surface area contributed by atoms with Crippen molar-refractivity contribution in [2.24, 2.45) is 0 Å². The van der Waals surface area contributed by atoms with Gasteiger partial charge in [-0.2, -0.15) is 0 Å². The maximum atomic E-state index is 15.4. The highest BCUT2D eigenvalue weighted by atomic mass is 19.1. The second-order valence-corrected chi connectivity index (χ2v) is 10.6. The highest BCUT2D eigenvalue weighted by Gasteiger charge is 2.29. The van der Waals surface area contributed by atoms with E-state index in [0.29, 0.717) is 36.3 Å². The van der Waals surface area contributed by atoms with Crippen LogP contribution in [0.5, 0.6) is 0 Å². The molecule has 4 rings (SSSR count). The van der Waals surface area contributed by atoms with E-state index in [9.17, 15) is 9.59 Å². The van der Waals surface area contributed by atoms with Crippen molar-refractivity contribution in [1.82, 2.24) is 24.8 Å². The summed E-state index contributed by atoms with van der Waals surface area (Å²) >= 11 is 0. The van der Waals surface area contributed by atoms with E-state index in [1.165, 1.54) is 18.5 Å². The summed E-state index contributed by atoms with van der Waals surface area (Å²) in [5, 5.41) is 3.15. The van der Waals surface area contributed by atoms with Crippen molar-refractivity contribution in [2.45, 2.75) is 46.6 Å². The number of aryl methyl sites for hydroxylation is 1.